The minimum Gasteiger partial charge on any atom is -0.512 e. The number of aliphatic hydroxyl groups is 2. The number of anilines is 1. The fraction of sp³-hybridized carbons (Fsp3) is 0.231. The van der Waals surface area contributed by atoms with Gasteiger partial charge < -0.3 is 15.5 Å². The molecule has 1 heterocycles. The first kappa shape index (κ1) is 13.8. The molecule has 0 saturated heterocycles. The second-order valence-corrected chi connectivity index (χ2v) is 5.34. The van der Waals surface area contributed by atoms with Crippen molar-refractivity contribution in [2.75, 3.05) is 5.32 Å². The molecule has 1 aromatic carbocycles. The average molecular weight is 326 g/mol. The molecule has 1 aliphatic rings. The topological polar surface area (TPSA) is 86.6 Å². The van der Waals surface area contributed by atoms with Gasteiger partial charge >= 0.3 is 0 Å². The number of fused-ring (bicyclic) bond motifs is 1. The van der Waals surface area contributed by atoms with E-state index in [4.69, 9.17) is 0 Å². The van der Waals surface area contributed by atoms with E-state index < -0.39 is 11.5 Å². The van der Waals surface area contributed by atoms with Crippen LogP contribution in [0.25, 0.3) is 0 Å². The number of carbonyl (C=O) groups excluding carboxylic acids is 2. The van der Waals surface area contributed by atoms with Crippen LogP contribution in [0.2, 0.25) is 0 Å². The summed E-state index contributed by atoms with van der Waals surface area (Å²) in [5.41, 5.74) is -0.992. The predicted molar refractivity (Wildman–Crippen MR) is 72.7 cm³/mol. The summed E-state index contributed by atoms with van der Waals surface area (Å²) < 4.78 is 0.763. The van der Waals surface area contributed by atoms with Crippen LogP contribution in [-0.4, -0.2) is 21.9 Å². The Labute approximate surface area is 118 Å². The van der Waals surface area contributed by atoms with Gasteiger partial charge in [-0.1, -0.05) is 22.0 Å². The van der Waals surface area contributed by atoms with Gasteiger partial charge in [-0.3, -0.25) is 9.59 Å². The molecule has 3 N–H and O–H groups in total. The van der Waals surface area contributed by atoms with Crippen molar-refractivity contribution in [1.82, 2.24) is 0 Å². The maximum atomic E-state index is 11.9. The molecule has 0 aromatic heterocycles. The zero-order chi connectivity index (χ0) is 14.2. The molecule has 0 radical (unpaired) electrons. The monoisotopic (exact) mass is 325 g/mol. The Morgan fingerprint density at radius 3 is 2.84 bits per heavy atom. The standard InChI is InChI=1S/C13H12BrNO4/c1-7(16)4-9(17)6-13(19)10-3-2-8(14)5-11(10)15-12(13)18/h2-5,17,19H,6H2,1H3,(H,15,18)/b9-4+/t13-/m1/s1. The van der Waals surface area contributed by atoms with E-state index in [0.29, 0.717) is 11.3 Å². The maximum Gasteiger partial charge on any atom is 0.261 e. The van der Waals surface area contributed by atoms with Gasteiger partial charge in [-0.15, -0.1) is 0 Å². The van der Waals surface area contributed by atoms with E-state index in [0.717, 1.165) is 10.5 Å². The first-order chi connectivity index (χ1) is 8.83. The minimum atomic E-state index is -1.86. The lowest BCUT2D eigenvalue weighted by molar-refractivity contribution is -0.134. The van der Waals surface area contributed by atoms with Crippen LogP contribution in [0.3, 0.4) is 0 Å². The van der Waals surface area contributed by atoms with Crippen LogP contribution in [0.4, 0.5) is 5.69 Å². The van der Waals surface area contributed by atoms with Crippen molar-refractivity contribution in [3.05, 3.63) is 40.1 Å². The van der Waals surface area contributed by atoms with Crippen molar-refractivity contribution >= 4 is 33.3 Å². The molecular formula is C13H12BrNO4. The molecule has 0 bridgehead atoms. The van der Waals surface area contributed by atoms with E-state index in [1.807, 2.05) is 0 Å². The van der Waals surface area contributed by atoms with Crippen LogP contribution in [0, 0.1) is 0 Å². The summed E-state index contributed by atoms with van der Waals surface area (Å²) in [4.78, 5) is 22.8. The molecule has 1 aliphatic heterocycles. The molecule has 100 valence electrons. The summed E-state index contributed by atoms with van der Waals surface area (Å²) in [6, 6.07) is 4.95. The highest BCUT2D eigenvalue weighted by atomic mass is 79.9. The number of aliphatic hydroxyl groups excluding tert-OH is 1. The minimum absolute atomic E-state index is 0.332. The van der Waals surface area contributed by atoms with Crippen LogP contribution in [0.15, 0.2) is 34.5 Å². The molecule has 6 heteroatoms. The molecule has 0 spiro atoms. The smallest absolute Gasteiger partial charge is 0.261 e. The summed E-state index contributed by atoms with van der Waals surface area (Å²) in [5.74, 6) is -1.31. The van der Waals surface area contributed by atoms with E-state index in [9.17, 15) is 19.8 Å². The number of ketones is 1. The third kappa shape index (κ3) is 2.54. The van der Waals surface area contributed by atoms with Crippen molar-refractivity contribution in [2.45, 2.75) is 18.9 Å². The summed E-state index contributed by atoms with van der Waals surface area (Å²) in [5, 5.41) is 22.6. The van der Waals surface area contributed by atoms with E-state index >= 15 is 0 Å². The van der Waals surface area contributed by atoms with Crippen molar-refractivity contribution < 1.29 is 19.8 Å². The lowest BCUT2D eigenvalue weighted by atomic mass is 9.91. The molecule has 5 nitrogen and oxygen atoms in total. The van der Waals surface area contributed by atoms with Crippen molar-refractivity contribution in [2.24, 2.45) is 0 Å². The number of benzene rings is 1. The molecule has 2 rings (SSSR count). The van der Waals surface area contributed by atoms with Gasteiger partial charge in [0.1, 0.15) is 0 Å². The SMILES string of the molecule is CC(=O)/C=C(/O)C[C@]1(O)C(=O)Nc2cc(Br)ccc21. The van der Waals surface area contributed by atoms with Crippen molar-refractivity contribution in [3.63, 3.8) is 0 Å². The van der Waals surface area contributed by atoms with Crippen LogP contribution >= 0.6 is 15.9 Å². The number of hydrogen-bond acceptors (Lipinski definition) is 4. The predicted octanol–water partition coefficient (Wildman–Crippen LogP) is 2.01. The molecule has 0 aliphatic carbocycles. The molecule has 1 atom stereocenters. The van der Waals surface area contributed by atoms with Crippen LogP contribution < -0.4 is 5.32 Å². The van der Waals surface area contributed by atoms with Gasteiger partial charge in [-0.25, -0.2) is 0 Å². The van der Waals surface area contributed by atoms with E-state index in [-0.39, 0.29) is 18.0 Å². The van der Waals surface area contributed by atoms with E-state index in [1.165, 1.54) is 6.92 Å². The van der Waals surface area contributed by atoms with Gasteiger partial charge in [0.25, 0.3) is 5.91 Å². The molecular weight excluding hydrogens is 314 g/mol. The number of nitrogens with one attached hydrogen (secondary N) is 1. The van der Waals surface area contributed by atoms with Crippen LogP contribution in [0.1, 0.15) is 18.9 Å². The molecule has 0 unspecified atom stereocenters. The molecule has 1 aromatic rings. The second kappa shape index (κ2) is 4.79. The average Bonchev–Trinajstić information content (AvgIpc) is 2.49. The first-order valence-electron chi connectivity index (χ1n) is 5.57. The molecule has 0 saturated carbocycles. The van der Waals surface area contributed by atoms with Gasteiger partial charge in [-0.05, 0) is 19.1 Å². The number of rotatable bonds is 3. The van der Waals surface area contributed by atoms with Crippen molar-refractivity contribution in [3.8, 4) is 0 Å². The molecule has 0 fully saturated rings. The number of halogens is 1. The fourth-order valence-corrected chi connectivity index (χ4v) is 2.41. The Hall–Kier alpha value is -1.66. The fourth-order valence-electron chi connectivity index (χ4n) is 2.05. The first-order valence-corrected chi connectivity index (χ1v) is 6.36. The lowest BCUT2D eigenvalue weighted by Crippen LogP contribution is -2.34. The highest BCUT2D eigenvalue weighted by Gasteiger charge is 2.45. The Morgan fingerprint density at radius 2 is 2.21 bits per heavy atom. The van der Waals surface area contributed by atoms with Gasteiger partial charge in [0, 0.05) is 28.2 Å². The zero-order valence-corrected chi connectivity index (χ0v) is 11.7. The largest absolute Gasteiger partial charge is 0.512 e. The van der Waals surface area contributed by atoms with Gasteiger partial charge in [0.2, 0.25) is 0 Å². The van der Waals surface area contributed by atoms with Crippen LogP contribution in [-0.2, 0) is 15.2 Å². The number of carbonyl (C=O) groups is 2. The normalized spacial score (nSPS) is 22.1. The third-order valence-electron chi connectivity index (χ3n) is 2.86. The zero-order valence-electron chi connectivity index (χ0n) is 10.1. The number of allylic oxidation sites excluding steroid dienone is 1. The Balaban J connectivity index is 2.39. The van der Waals surface area contributed by atoms with Crippen LogP contribution in [0.5, 0.6) is 0 Å². The lowest BCUT2D eigenvalue weighted by Gasteiger charge is -2.20. The van der Waals surface area contributed by atoms with Gasteiger partial charge in [0.15, 0.2) is 11.4 Å². The quantitative estimate of drug-likeness (QED) is 0.586. The molecule has 1 amide bonds. The highest BCUT2D eigenvalue weighted by Crippen LogP contribution is 2.40. The second-order valence-electron chi connectivity index (χ2n) is 4.43. The van der Waals surface area contributed by atoms with Gasteiger partial charge in [0.05, 0.1) is 5.76 Å². The molecule has 19 heavy (non-hydrogen) atoms. The third-order valence-corrected chi connectivity index (χ3v) is 3.35. The van der Waals surface area contributed by atoms with E-state index in [2.05, 4.69) is 21.2 Å². The summed E-state index contributed by atoms with van der Waals surface area (Å²) in [6.07, 6.45) is 0.648. The summed E-state index contributed by atoms with van der Waals surface area (Å²) >= 11 is 3.27. The Morgan fingerprint density at radius 1 is 1.53 bits per heavy atom. The van der Waals surface area contributed by atoms with Crippen molar-refractivity contribution in [1.29, 1.82) is 0 Å². The Kier molecular flexibility index (Phi) is 3.47. The summed E-state index contributed by atoms with van der Waals surface area (Å²) in [7, 11) is 0. The number of hydrogen-bond donors (Lipinski definition) is 3. The Bertz CT molecular complexity index is 596. The highest BCUT2D eigenvalue weighted by molar-refractivity contribution is 9.10. The summed E-state index contributed by atoms with van der Waals surface area (Å²) in [6.45, 7) is 1.28. The number of amides is 1. The van der Waals surface area contributed by atoms with E-state index in [1.54, 1.807) is 18.2 Å². The maximum absolute atomic E-state index is 11.9. The van der Waals surface area contributed by atoms with Gasteiger partial charge in [-0.2, -0.15) is 0 Å².